The summed E-state index contributed by atoms with van der Waals surface area (Å²) in [6, 6.07) is 5.35. The summed E-state index contributed by atoms with van der Waals surface area (Å²) in [7, 11) is 0. The summed E-state index contributed by atoms with van der Waals surface area (Å²) in [4.78, 5) is 11.1. The van der Waals surface area contributed by atoms with E-state index in [0.29, 0.717) is 12.1 Å². The smallest absolute Gasteiger partial charge is 0.248 e. The second kappa shape index (κ2) is 5.28. The molecule has 2 rings (SSSR count). The number of amides is 1. The molecule has 0 atom stereocenters. The predicted molar refractivity (Wildman–Crippen MR) is 76.5 cm³/mol. The molecule has 5 heteroatoms. The van der Waals surface area contributed by atoms with E-state index >= 15 is 0 Å². The number of halogens is 1. The van der Waals surface area contributed by atoms with Crippen molar-refractivity contribution in [3.63, 3.8) is 0 Å². The molecule has 1 aromatic rings. The van der Waals surface area contributed by atoms with Crippen molar-refractivity contribution in [2.45, 2.75) is 31.2 Å². The molecule has 0 aromatic heterocycles. The van der Waals surface area contributed by atoms with Crippen LogP contribution in [0.1, 0.15) is 36.0 Å². The van der Waals surface area contributed by atoms with Gasteiger partial charge < -0.3 is 16.8 Å². The van der Waals surface area contributed by atoms with Crippen LogP contribution in [0.25, 0.3) is 0 Å². The molecule has 0 aliphatic heterocycles. The summed E-state index contributed by atoms with van der Waals surface area (Å²) in [6.07, 6.45) is 4.60. The van der Waals surface area contributed by atoms with E-state index in [4.69, 9.17) is 11.5 Å². The standard InChI is InChI=1S/C13H18BrN3O/c14-10-7-9(12(16)18)3-4-11(10)17-13(8-15)5-1-2-6-13/h3-4,7,17H,1-2,5-6,8,15H2,(H2,16,18). The molecule has 0 unspecified atom stereocenters. The van der Waals surface area contributed by atoms with Crippen LogP contribution in [0.3, 0.4) is 0 Å². The zero-order valence-electron chi connectivity index (χ0n) is 10.2. The fourth-order valence-corrected chi connectivity index (χ4v) is 2.97. The van der Waals surface area contributed by atoms with Gasteiger partial charge in [0.1, 0.15) is 0 Å². The molecule has 1 amide bonds. The quantitative estimate of drug-likeness (QED) is 0.797. The number of anilines is 1. The first kappa shape index (κ1) is 13.4. The SMILES string of the molecule is NCC1(Nc2ccc(C(N)=O)cc2Br)CCCC1. The number of nitrogens with one attached hydrogen (secondary N) is 1. The van der Waals surface area contributed by atoms with Crippen LogP contribution >= 0.6 is 15.9 Å². The minimum Gasteiger partial charge on any atom is -0.377 e. The average Bonchev–Trinajstić information content (AvgIpc) is 2.81. The Morgan fingerprint density at radius 1 is 1.39 bits per heavy atom. The number of hydrogen-bond donors (Lipinski definition) is 3. The molecular formula is C13H18BrN3O. The zero-order chi connectivity index (χ0) is 13.2. The van der Waals surface area contributed by atoms with Gasteiger partial charge in [-0.2, -0.15) is 0 Å². The molecule has 98 valence electrons. The molecule has 0 spiro atoms. The molecule has 0 heterocycles. The molecule has 4 nitrogen and oxygen atoms in total. The maximum atomic E-state index is 11.1. The van der Waals surface area contributed by atoms with Crippen molar-refractivity contribution >= 4 is 27.5 Å². The van der Waals surface area contributed by atoms with Crippen molar-refractivity contribution in [3.8, 4) is 0 Å². The van der Waals surface area contributed by atoms with Gasteiger partial charge in [0.2, 0.25) is 5.91 Å². The van der Waals surface area contributed by atoms with Gasteiger partial charge in [-0.15, -0.1) is 0 Å². The highest BCUT2D eigenvalue weighted by Crippen LogP contribution is 2.34. The van der Waals surface area contributed by atoms with E-state index in [1.165, 1.54) is 12.8 Å². The molecule has 1 aliphatic rings. The van der Waals surface area contributed by atoms with Gasteiger partial charge in [-0.25, -0.2) is 0 Å². The highest BCUT2D eigenvalue weighted by atomic mass is 79.9. The summed E-state index contributed by atoms with van der Waals surface area (Å²) in [5.41, 5.74) is 12.6. The van der Waals surface area contributed by atoms with Crippen LogP contribution in [0.15, 0.2) is 22.7 Å². The fraction of sp³-hybridized carbons (Fsp3) is 0.462. The lowest BCUT2D eigenvalue weighted by molar-refractivity contribution is 0.100. The Bertz CT molecular complexity index is 456. The summed E-state index contributed by atoms with van der Waals surface area (Å²) in [5.74, 6) is -0.420. The number of benzene rings is 1. The topological polar surface area (TPSA) is 81.1 Å². The van der Waals surface area contributed by atoms with E-state index < -0.39 is 5.91 Å². The molecule has 1 aliphatic carbocycles. The van der Waals surface area contributed by atoms with Crippen molar-refractivity contribution in [1.82, 2.24) is 0 Å². The number of carbonyl (C=O) groups excluding carboxylic acids is 1. The molecule has 0 saturated heterocycles. The maximum Gasteiger partial charge on any atom is 0.248 e. The Morgan fingerprint density at radius 2 is 2.06 bits per heavy atom. The van der Waals surface area contributed by atoms with Crippen molar-refractivity contribution in [3.05, 3.63) is 28.2 Å². The van der Waals surface area contributed by atoms with Gasteiger partial charge in [0.25, 0.3) is 0 Å². The third-order valence-electron chi connectivity index (χ3n) is 3.60. The van der Waals surface area contributed by atoms with Crippen LogP contribution in [0.2, 0.25) is 0 Å². The number of carbonyl (C=O) groups is 1. The molecule has 0 radical (unpaired) electrons. The normalized spacial score (nSPS) is 17.7. The van der Waals surface area contributed by atoms with Crippen molar-refractivity contribution in [2.75, 3.05) is 11.9 Å². The van der Waals surface area contributed by atoms with Crippen LogP contribution in [0.4, 0.5) is 5.69 Å². The Kier molecular flexibility index (Phi) is 3.92. The van der Waals surface area contributed by atoms with Crippen molar-refractivity contribution in [2.24, 2.45) is 11.5 Å². The van der Waals surface area contributed by atoms with Crippen molar-refractivity contribution < 1.29 is 4.79 Å². The summed E-state index contributed by atoms with van der Waals surface area (Å²) >= 11 is 3.46. The molecule has 1 aromatic carbocycles. The summed E-state index contributed by atoms with van der Waals surface area (Å²) in [5, 5.41) is 3.51. The van der Waals surface area contributed by atoms with E-state index in [2.05, 4.69) is 21.2 Å². The van der Waals surface area contributed by atoms with Gasteiger partial charge in [0.05, 0.1) is 0 Å². The van der Waals surface area contributed by atoms with Gasteiger partial charge in [0, 0.05) is 27.8 Å². The van der Waals surface area contributed by atoms with Gasteiger partial charge >= 0.3 is 0 Å². The highest BCUT2D eigenvalue weighted by Gasteiger charge is 2.32. The van der Waals surface area contributed by atoms with Crippen LogP contribution in [-0.4, -0.2) is 18.0 Å². The van der Waals surface area contributed by atoms with E-state index in [0.717, 1.165) is 23.0 Å². The summed E-state index contributed by atoms with van der Waals surface area (Å²) < 4.78 is 0.846. The molecule has 1 saturated carbocycles. The number of hydrogen-bond acceptors (Lipinski definition) is 3. The van der Waals surface area contributed by atoms with Crippen molar-refractivity contribution in [1.29, 1.82) is 0 Å². The molecule has 5 N–H and O–H groups in total. The second-order valence-electron chi connectivity index (χ2n) is 4.88. The predicted octanol–water partition coefficient (Wildman–Crippen LogP) is 2.23. The van der Waals surface area contributed by atoms with Gasteiger partial charge in [0.15, 0.2) is 0 Å². The van der Waals surface area contributed by atoms with Crippen LogP contribution in [0.5, 0.6) is 0 Å². The fourth-order valence-electron chi connectivity index (χ4n) is 2.49. The molecule has 0 bridgehead atoms. The maximum absolute atomic E-state index is 11.1. The third kappa shape index (κ3) is 2.67. The van der Waals surface area contributed by atoms with Crippen LogP contribution < -0.4 is 16.8 Å². The number of primary amides is 1. The lowest BCUT2D eigenvalue weighted by Gasteiger charge is -2.30. The lowest BCUT2D eigenvalue weighted by Crippen LogP contribution is -2.42. The van der Waals surface area contributed by atoms with Crippen LogP contribution in [0, 0.1) is 0 Å². The third-order valence-corrected chi connectivity index (χ3v) is 4.26. The number of nitrogens with two attached hydrogens (primary N) is 2. The Labute approximate surface area is 115 Å². The van der Waals surface area contributed by atoms with E-state index in [9.17, 15) is 4.79 Å². The Hall–Kier alpha value is -1.07. The lowest BCUT2D eigenvalue weighted by atomic mass is 9.97. The highest BCUT2D eigenvalue weighted by molar-refractivity contribution is 9.10. The Morgan fingerprint density at radius 3 is 2.56 bits per heavy atom. The summed E-state index contributed by atoms with van der Waals surface area (Å²) in [6.45, 7) is 0.622. The van der Waals surface area contributed by atoms with E-state index in [-0.39, 0.29) is 5.54 Å². The van der Waals surface area contributed by atoms with E-state index in [1.807, 2.05) is 6.07 Å². The first-order valence-corrected chi connectivity index (χ1v) is 6.93. The van der Waals surface area contributed by atoms with Gasteiger partial charge in [-0.3, -0.25) is 4.79 Å². The first-order valence-electron chi connectivity index (χ1n) is 6.14. The van der Waals surface area contributed by atoms with Gasteiger partial charge in [-0.05, 0) is 47.0 Å². The zero-order valence-corrected chi connectivity index (χ0v) is 11.8. The monoisotopic (exact) mass is 311 g/mol. The minimum atomic E-state index is -0.420. The average molecular weight is 312 g/mol. The Balaban J connectivity index is 2.21. The van der Waals surface area contributed by atoms with Crippen LogP contribution in [-0.2, 0) is 0 Å². The molecule has 1 fully saturated rings. The van der Waals surface area contributed by atoms with Gasteiger partial charge in [-0.1, -0.05) is 12.8 Å². The van der Waals surface area contributed by atoms with E-state index in [1.54, 1.807) is 12.1 Å². The molecular weight excluding hydrogens is 294 g/mol. The largest absolute Gasteiger partial charge is 0.377 e. The minimum absolute atomic E-state index is 0.00321. The molecule has 18 heavy (non-hydrogen) atoms. The second-order valence-corrected chi connectivity index (χ2v) is 5.73. The first-order chi connectivity index (χ1) is 8.56. The number of rotatable bonds is 4.